The molecule has 7 nitrogen and oxygen atoms in total. The summed E-state index contributed by atoms with van der Waals surface area (Å²) in [6.45, 7) is 1.58. The molecular weight excluding hydrogens is 320 g/mol. The third-order valence-electron chi connectivity index (χ3n) is 3.68. The number of carbonyl (C=O) groups excluding carboxylic acids is 1. The van der Waals surface area contributed by atoms with E-state index in [4.69, 9.17) is 4.74 Å². The number of nitrogens with one attached hydrogen (secondary N) is 2. The standard InChI is InChI=1S/C18H18N4O3/c1-12(23)21-19-11-17-20-14-8-4-3-7-13(14)18(24)22(17)15-9-5-6-10-16(15)25-2/h3-10,19H,11H2,1-2H3,(H,21,23). The number of hydrogen-bond donors (Lipinski definition) is 2. The van der Waals surface area contributed by atoms with E-state index in [0.29, 0.717) is 28.2 Å². The molecule has 1 aromatic heterocycles. The van der Waals surface area contributed by atoms with E-state index in [0.717, 1.165) is 0 Å². The summed E-state index contributed by atoms with van der Waals surface area (Å²) in [5.74, 6) is 0.788. The lowest BCUT2D eigenvalue weighted by molar-refractivity contribution is -0.119. The van der Waals surface area contributed by atoms with E-state index in [1.54, 1.807) is 37.4 Å². The van der Waals surface area contributed by atoms with Crippen LogP contribution in [-0.2, 0) is 11.3 Å². The third-order valence-corrected chi connectivity index (χ3v) is 3.68. The predicted molar refractivity (Wildman–Crippen MR) is 94.5 cm³/mol. The van der Waals surface area contributed by atoms with Crippen molar-refractivity contribution in [3.63, 3.8) is 0 Å². The number of methoxy groups -OCH3 is 1. The van der Waals surface area contributed by atoms with Gasteiger partial charge in [0.1, 0.15) is 11.6 Å². The van der Waals surface area contributed by atoms with Gasteiger partial charge in [-0.1, -0.05) is 24.3 Å². The Bertz CT molecular complexity index is 981. The first-order chi connectivity index (χ1) is 12.1. The average Bonchev–Trinajstić information content (AvgIpc) is 2.62. The summed E-state index contributed by atoms with van der Waals surface area (Å²) in [7, 11) is 1.55. The van der Waals surface area contributed by atoms with Crippen LogP contribution in [-0.4, -0.2) is 22.6 Å². The average molecular weight is 338 g/mol. The Morgan fingerprint density at radius 1 is 1.16 bits per heavy atom. The molecule has 1 amide bonds. The topological polar surface area (TPSA) is 85.2 Å². The molecule has 0 aliphatic heterocycles. The molecule has 0 aliphatic carbocycles. The number of ether oxygens (including phenoxy) is 1. The second-order valence-corrected chi connectivity index (χ2v) is 5.39. The minimum Gasteiger partial charge on any atom is -0.495 e. The normalized spacial score (nSPS) is 10.6. The van der Waals surface area contributed by atoms with Crippen LogP contribution < -0.4 is 21.1 Å². The molecule has 0 bridgehead atoms. The van der Waals surface area contributed by atoms with Crippen LogP contribution >= 0.6 is 0 Å². The zero-order chi connectivity index (χ0) is 17.8. The van der Waals surface area contributed by atoms with E-state index in [9.17, 15) is 9.59 Å². The first-order valence-corrected chi connectivity index (χ1v) is 7.75. The van der Waals surface area contributed by atoms with Crippen molar-refractivity contribution in [3.8, 4) is 11.4 Å². The molecule has 0 radical (unpaired) electrons. The van der Waals surface area contributed by atoms with Crippen molar-refractivity contribution in [2.45, 2.75) is 13.5 Å². The zero-order valence-corrected chi connectivity index (χ0v) is 13.9. The number of hydrazine groups is 1. The van der Waals surface area contributed by atoms with Gasteiger partial charge >= 0.3 is 0 Å². The van der Waals surface area contributed by atoms with Gasteiger partial charge in [-0.25, -0.2) is 10.4 Å². The number of rotatable bonds is 5. The fraction of sp³-hybridized carbons (Fsp3) is 0.167. The van der Waals surface area contributed by atoms with Gasteiger partial charge in [-0.2, -0.15) is 0 Å². The predicted octanol–water partition coefficient (Wildman–Crippen LogP) is 1.53. The van der Waals surface area contributed by atoms with Crippen molar-refractivity contribution in [3.05, 3.63) is 64.7 Å². The Kier molecular flexibility index (Phi) is 4.76. The number of hydrogen-bond acceptors (Lipinski definition) is 5. The Hall–Kier alpha value is -3.19. The van der Waals surface area contributed by atoms with Crippen LogP contribution in [0.2, 0.25) is 0 Å². The maximum absolute atomic E-state index is 13.1. The molecule has 3 rings (SSSR count). The largest absolute Gasteiger partial charge is 0.495 e. The van der Waals surface area contributed by atoms with Crippen molar-refractivity contribution < 1.29 is 9.53 Å². The van der Waals surface area contributed by atoms with E-state index < -0.39 is 0 Å². The number of aromatic nitrogens is 2. The van der Waals surface area contributed by atoms with Crippen LogP contribution in [0.4, 0.5) is 0 Å². The van der Waals surface area contributed by atoms with E-state index in [2.05, 4.69) is 15.8 Å². The van der Waals surface area contributed by atoms with E-state index >= 15 is 0 Å². The molecule has 0 saturated heterocycles. The van der Waals surface area contributed by atoms with Crippen molar-refractivity contribution in [1.82, 2.24) is 20.4 Å². The van der Waals surface area contributed by atoms with E-state index in [1.807, 2.05) is 18.2 Å². The molecule has 25 heavy (non-hydrogen) atoms. The van der Waals surface area contributed by atoms with Gasteiger partial charge in [0.25, 0.3) is 5.56 Å². The molecular formula is C18H18N4O3. The SMILES string of the molecule is COc1ccccc1-n1c(CNNC(C)=O)nc2ccccc2c1=O. The number of amides is 1. The van der Waals surface area contributed by atoms with Gasteiger partial charge in [0, 0.05) is 6.92 Å². The van der Waals surface area contributed by atoms with Gasteiger partial charge in [-0.05, 0) is 24.3 Å². The first kappa shape index (κ1) is 16.7. The number of benzene rings is 2. The summed E-state index contributed by atoms with van der Waals surface area (Å²) in [6.07, 6.45) is 0. The first-order valence-electron chi connectivity index (χ1n) is 7.75. The highest BCUT2D eigenvalue weighted by Gasteiger charge is 2.15. The fourth-order valence-electron chi connectivity index (χ4n) is 2.61. The summed E-state index contributed by atoms with van der Waals surface area (Å²) >= 11 is 0. The van der Waals surface area contributed by atoms with Crippen molar-refractivity contribution in [2.75, 3.05) is 7.11 Å². The smallest absolute Gasteiger partial charge is 0.266 e. The lowest BCUT2D eigenvalue weighted by Gasteiger charge is -2.16. The fourth-order valence-corrected chi connectivity index (χ4v) is 2.61. The monoisotopic (exact) mass is 338 g/mol. The molecule has 0 unspecified atom stereocenters. The Labute approximate surface area is 144 Å². The van der Waals surface area contributed by atoms with Gasteiger partial charge in [-0.3, -0.25) is 19.6 Å². The molecule has 7 heteroatoms. The lowest BCUT2D eigenvalue weighted by Crippen LogP contribution is -2.37. The van der Waals surface area contributed by atoms with Gasteiger partial charge in [0.05, 0.1) is 30.2 Å². The van der Waals surface area contributed by atoms with Gasteiger partial charge in [0.15, 0.2) is 0 Å². The van der Waals surface area contributed by atoms with Crippen LogP contribution in [0.15, 0.2) is 53.3 Å². The van der Waals surface area contributed by atoms with E-state index in [1.165, 1.54) is 11.5 Å². The quantitative estimate of drug-likeness (QED) is 0.689. The molecule has 0 atom stereocenters. The van der Waals surface area contributed by atoms with Crippen LogP contribution in [0.25, 0.3) is 16.6 Å². The summed E-state index contributed by atoms with van der Waals surface area (Å²) in [5, 5.41) is 0.511. The minimum absolute atomic E-state index is 0.178. The summed E-state index contributed by atoms with van der Waals surface area (Å²) in [4.78, 5) is 28.7. The molecule has 2 aromatic carbocycles. The molecule has 1 heterocycles. The van der Waals surface area contributed by atoms with Crippen molar-refractivity contribution in [2.24, 2.45) is 0 Å². The van der Waals surface area contributed by atoms with Crippen molar-refractivity contribution in [1.29, 1.82) is 0 Å². The summed E-state index contributed by atoms with van der Waals surface area (Å²) in [6, 6.07) is 14.4. The lowest BCUT2D eigenvalue weighted by atomic mass is 10.2. The van der Waals surface area contributed by atoms with Crippen LogP contribution in [0.5, 0.6) is 5.75 Å². The van der Waals surface area contributed by atoms with Gasteiger partial charge < -0.3 is 4.74 Å². The molecule has 2 N–H and O–H groups in total. The summed E-state index contributed by atoms with van der Waals surface area (Å²) < 4.78 is 6.88. The maximum atomic E-state index is 13.1. The second kappa shape index (κ2) is 7.14. The number of fused-ring (bicyclic) bond motifs is 1. The summed E-state index contributed by atoms with van der Waals surface area (Å²) in [5.41, 5.74) is 6.26. The Morgan fingerprint density at radius 3 is 2.64 bits per heavy atom. The highest BCUT2D eigenvalue weighted by Crippen LogP contribution is 2.22. The van der Waals surface area contributed by atoms with Crippen molar-refractivity contribution >= 4 is 16.8 Å². The molecule has 0 aliphatic rings. The Balaban J connectivity index is 2.21. The number of para-hydroxylation sites is 3. The van der Waals surface area contributed by atoms with Crippen LogP contribution in [0.1, 0.15) is 12.7 Å². The molecule has 3 aromatic rings. The third kappa shape index (κ3) is 3.36. The number of nitrogens with zero attached hydrogens (tertiary/aromatic N) is 2. The minimum atomic E-state index is -0.230. The van der Waals surface area contributed by atoms with Gasteiger partial charge in [-0.15, -0.1) is 0 Å². The van der Waals surface area contributed by atoms with E-state index in [-0.39, 0.29) is 18.0 Å². The highest BCUT2D eigenvalue weighted by molar-refractivity contribution is 5.78. The highest BCUT2D eigenvalue weighted by atomic mass is 16.5. The Morgan fingerprint density at radius 2 is 1.88 bits per heavy atom. The maximum Gasteiger partial charge on any atom is 0.266 e. The molecule has 0 fully saturated rings. The number of carbonyl (C=O) groups is 1. The molecule has 0 spiro atoms. The van der Waals surface area contributed by atoms with Crippen LogP contribution in [0.3, 0.4) is 0 Å². The second-order valence-electron chi connectivity index (χ2n) is 5.39. The molecule has 128 valence electrons. The van der Waals surface area contributed by atoms with Crippen LogP contribution in [0, 0.1) is 0 Å². The van der Waals surface area contributed by atoms with Gasteiger partial charge in [0.2, 0.25) is 5.91 Å². The molecule has 0 saturated carbocycles. The zero-order valence-electron chi connectivity index (χ0n) is 13.9.